The van der Waals surface area contributed by atoms with Crippen LogP contribution in [0.25, 0.3) is 11.8 Å². The molecule has 2 aliphatic heterocycles. The highest BCUT2D eigenvalue weighted by atomic mass is 35.5. The van der Waals surface area contributed by atoms with E-state index in [9.17, 15) is 4.79 Å². The Morgan fingerprint density at radius 2 is 1.78 bits per heavy atom. The molecular formula is C24H18ClN5OS. The van der Waals surface area contributed by atoms with Crippen LogP contribution in [0.2, 0.25) is 5.02 Å². The van der Waals surface area contributed by atoms with Gasteiger partial charge in [-0.25, -0.2) is 0 Å². The Kier molecular flexibility index (Phi) is 5.07. The van der Waals surface area contributed by atoms with Crippen molar-refractivity contribution in [3.8, 4) is 5.69 Å². The van der Waals surface area contributed by atoms with E-state index in [4.69, 9.17) is 17.0 Å². The average molecular weight is 460 g/mol. The monoisotopic (exact) mass is 459 g/mol. The highest BCUT2D eigenvalue weighted by Gasteiger charge is 2.36. The van der Waals surface area contributed by atoms with Crippen LogP contribution in [-0.4, -0.2) is 31.5 Å². The SMILES string of the molecule is Cc1cc(/C=C2/C(=N)N3N=C(c4ccccc4)SC3=NC2=O)c(C)n1-c1ccc(Cl)cc1. The van der Waals surface area contributed by atoms with Crippen LogP contribution in [0.1, 0.15) is 22.5 Å². The number of thioether (sulfide) groups is 1. The number of amidine groups is 2. The number of aromatic nitrogens is 1. The summed E-state index contributed by atoms with van der Waals surface area (Å²) < 4.78 is 2.09. The minimum atomic E-state index is -0.436. The molecule has 0 fully saturated rings. The molecule has 3 heterocycles. The molecule has 6 nitrogen and oxygen atoms in total. The molecule has 0 unspecified atom stereocenters. The van der Waals surface area contributed by atoms with E-state index in [1.54, 1.807) is 6.08 Å². The fraction of sp³-hybridized carbons (Fsp3) is 0.0833. The molecule has 0 bridgehead atoms. The second-order valence-electron chi connectivity index (χ2n) is 7.43. The number of nitrogens with one attached hydrogen (secondary N) is 1. The number of halogens is 1. The molecule has 32 heavy (non-hydrogen) atoms. The largest absolute Gasteiger partial charge is 0.318 e. The number of rotatable bonds is 3. The Morgan fingerprint density at radius 3 is 2.50 bits per heavy atom. The summed E-state index contributed by atoms with van der Waals surface area (Å²) in [6, 6.07) is 19.3. The maximum Gasteiger partial charge on any atom is 0.283 e. The van der Waals surface area contributed by atoms with E-state index in [2.05, 4.69) is 14.7 Å². The standard InChI is InChI=1S/C24H18ClN5OS/c1-14-12-17(15(2)29(14)19-10-8-18(25)9-11-19)13-20-21(26)30-24(27-22(20)31)32-23(28-30)16-6-4-3-5-7-16/h3-13,26H,1-2H3/b20-13-,26-21?. The van der Waals surface area contributed by atoms with Crippen LogP contribution in [0.3, 0.4) is 0 Å². The van der Waals surface area contributed by atoms with E-state index in [1.165, 1.54) is 16.8 Å². The van der Waals surface area contributed by atoms with Crippen molar-refractivity contribution in [2.45, 2.75) is 13.8 Å². The van der Waals surface area contributed by atoms with Gasteiger partial charge in [-0.05, 0) is 67.6 Å². The molecule has 158 valence electrons. The zero-order valence-electron chi connectivity index (χ0n) is 17.3. The summed E-state index contributed by atoms with van der Waals surface area (Å²) in [6.45, 7) is 3.98. The van der Waals surface area contributed by atoms with Gasteiger partial charge in [0.2, 0.25) is 5.17 Å². The molecule has 2 aromatic carbocycles. The fourth-order valence-electron chi connectivity index (χ4n) is 3.77. The van der Waals surface area contributed by atoms with Gasteiger partial charge in [-0.3, -0.25) is 10.2 Å². The Morgan fingerprint density at radius 1 is 1.06 bits per heavy atom. The molecule has 0 saturated heterocycles. The molecule has 1 aromatic heterocycles. The van der Waals surface area contributed by atoms with Crippen molar-refractivity contribution in [1.82, 2.24) is 9.58 Å². The smallest absolute Gasteiger partial charge is 0.283 e. The van der Waals surface area contributed by atoms with Crippen molar-refractivity contribution < 1.29 is 4.79 Å². The maximum absolute atomic E-state index is 12.8. The van der Waals surface area contributed by atoms with Gasteiger partial charge in [-0.2, -0.15) is 15.1 Å². The van der Waals surface area contributed by atoms with Crippen LogP contribution < -0.4 is 0 Å². The summed E-state index contributed by atoms with van der Waals surface area (Å²) in [5, 5.41) is 16.4. The Hall–Kier alpha value is -3.42. The number of fused-ring (bicyclic) bond motifs is 1. The number of amides is 1. The molecule has 2 aliphatic rings. The van der Waals surface area contributed by atoms with Gasteiger partial charge >= 0.3 is 0 Å². The number of nitrogens with zero attached hydrogens (tertiary/aromatic N) is 4. The summed E-state index contributed by atoms with van der Waals surface area (Å²) in [5.41, 5.74) is 4.93. The summed E-state index contributed by atoms with van der Waals surface area (Å²) in [4.78, 5) is 17.0. The second kappa shape index (κ2) is 7.93. The van der Waals surface area contributed by atoms with Crippen LogP contribution >= 0.6 is 23.4 Å². The molecular weight excluding hydrogens is 442 g/mol. The van der Waals surface area contributed by atoms with Crippen molar-refractivity contribution in [1.29, 1.82) is 5.41 Å². The molecule has 5 rings (SSSR count). The van der Waals surface area contributed by atoms with Crippen LogP contribution in [0.5, 0.6) is 0 Å². The first kappa shape index (κ1) is 20.5. The highest BCUT2D eigenvalue weighted by molar-refractivity contribution is 8.27. The fourth-order valence-corrected chi connectivity index (χ4v) is 4.79. The molecule has 0 spiro atoms. The van der Waals surface area contributed by atoms with E-state index in [1.807, 2.05) is 74.5 Å². The van der Waals surface area contributed by atoms with E-state index in [0.717, 1.165) is 28.2 Å². The number of aliphatic imine (C=N–C) groups is 1. The summed E-state index contributed by atoms with van der Waals surface area (Å²) in [7, 11) is 0. The number of carbonyl (C=O) groups is 1. The summed E-state index contributed by atoms with van der Waals surface area (Å²) in [5.74, 6) is -0.413. The maximum atomic E-state index is 12.8. The van der Waals surface area contributed by atoms with Gasteiger partial charge in [0.15, 0.2) is 5.84 Å². The third-order valence-electron chi connectivity index (χ3n) is 5.33. The van der Waals surface area contributed by atoms with Gasteiger partial charge in [0.05, 0.1) is 5.57 Å². The molecule has 0 radical (unpaired) electrons. The van der Waals surface area contributed by atoms with Crippen molar-refractivity contribution in [3.05, 3.63) is 93.8 Å². The van der Waals surface area contributed by atoms with Crippen molar-refractivity contribution in [3.63, 3.8) is 0 Å². The molecule has 3 aromatic rings. The highest BCUT2D eigenvalue weighted by Crippen LogP contribution is 2.32. The van der Waals surface area contributed by atoms with Crippen LogP contribution in [-0.2, 0) is 4.79 Å². The average Bonchev–Trinajstić information content (AvgIpc) is 3.33. The van der Waals surface area contributed by atoms with Crippen molar-refractivity contribution >= 4 is 51.4 Å². The first-order valence-electron chi connectivity index (χ1n) is 9.93. The predicted octanol–water partition coefficient (Wildman–Crippen LogP) is 5.42. The van der Waals surface area contributed by atoms with Crippen molar-refractivity contribution in [2.75, 3.05) is 0 Å². The van der Waals surface area contributed by atoms with Gasteiger partial charge in [0.1, 0.15) is 5.04 Å². The normalized spacial score (nSPS) is 17.0. The molecule has 0 saturated carbocycles. The third-order valence-corrected chi connectivity index (χ3v) is 6.54. The van der Waals surface area contributed by atoms with E-state index < -0.39 is 5.91 Å². The Bertz CT molecular complexity index is 1350. The minimum Gasteiger partial charge on any atom is -0.318 e. The quantitative estimate of drug-likeness (QED) is 0.532. The summed E-state index contributed by atoms with van der Waals surface area (Å²) in [6.07, 6.45) is 1.72. The number of hydrogen-bond acceptors (Lipinski definition) is 4. The Balaban J connectivity index is 1.51. The van der Waals surface area contributed by atoms with E-state index in [0.29, 0.717) is 15.2 Å². The van der Waals surface area contributed by atoms with Gasteiger partial charge in [-0.15, -0.1) is 0 Å². The summed E-state index contributed by atoms with van der Waals surface area (Å²) >= 11 is 7.32. The zero-order valence-corrected chi connectivity index (χ0v) is 18.9. The molecule has 1 amide bonds. The first-order chi connectivity index (χ1) is 15.4. The minimum absolute atomic E-state index is 0.0229. The van der Waals surface area contributed by atoms with Gasteiger partial charge < -0.3 is 4.57 Å². The lowest BCUT2D eigenvalue weighted by molar-refractivity contribution is -0.114. The topological polar surface area (TPSA) is 73.8 Å². The van der Waals surface area contributed by atoms with Crippen LogP contribution in [0.15, 0.2) is 76.3 Å². The number of hydrogen-bond donors (Lipinski definition) is 1. The lowest BCUT2D eigenvalue weighted by atomic mass is 10.1. The number of aryl methyl sites for hydroxylation is 1. The lowest BCUT2D eigenvalue weighted by Gasteiger charge is -2.20. The predicted molar refractivity (Wildman–Crippen MR) is 131 cm³/mol. The molecule has 0 aliphatic carbocycles. The first-order valence-corrected chi connectivity index (χ1v) is 11.1. The van der Waals surface area contributed by atoms with Gasteiger partial charge in [0, 0.05) is 27.7 Å². The number of carbonyl (C=O) groups excluding carboxylic acids is 1. The van der Waals surface area contributed by atoms with Crippen LogP contribution in [0.4, 0.5) is 0 Å². The number of hydrazone groups is 1. The van der Waals surface area contributed by atoms with Gasteiger partial charge in [0.25, 0.3) is 5.91 Å². The van der Waals surface area contributed by atoms with Gasteiger partial charge in [-0.1, -0.05) is 41.9 Å². The third kappa shape index (κ3) is 3.49. The molecule has 0 atom stereocenters. The molecule has 8 heteroatoms. The van der Waals surface area contributed by atoms with E-state index in [-0.39, 0.29) is 11.4 Å². The molecule has 1 N–H and O–H groups in total. The van der Waals surface area contributed by atoms with Crippen LogP contribution in [0, 0.1) is 19.3 Å². The van der Waals surface area contributed by atoms with Crippen molar-refractivity contribution in [2.24, 2.45) is 10.1 Å². The lowest BCUT2D eigenvalue weighted by Crippen LogP contribution is -2.35. The Labute approximate surface area is 194 Å². The van der Waals surface area contributed by atoms with E-state index >= 15 is 0 Å². The zero-order chi connectivity index (χ0) is 22.4. The second-order valence-corrected chi connectivity index (χ2v) is 8.82. The number of benzene rings is 2.